The van der Waals surface area contributed by atoms with Gasteiger partial charge in [0.2, 0.25) is 5.91 Å². The van der Waals surface area contributed by atoms with E-state index in [2.05, 4.69) is 10.3 Å². The van der Waals surface area contributed by atoms with Crippen molar-refractivity contribution in [3.63, 3.8) is 0 Å². The van der Waals surface area contributed by atoms with Crippen LogP contribution < -0.4 is 15.8 Å². The summed E-state index contributed by atoms with van der Waals surface area (Å²) in [6, 6.07) is 10.7. The second kappa shape index (κ2) is 7.69. The summed E-state index contributed by atoms with van der Waals surface area (Å²) in [5.74, 6) is -0.506. The van der Waals surface area contributed by atoms with E-state index < -0.39 is 24.0 Å². The van der Waals surface area contributed by atoms with Crippen LogP contribution in [0.5, 0.6) is 5.75 Å². The molecule has 4 N–H and O–H groups in total. The molecule has 28 heavy (non-hydrogen) atoms. The van der Waals surface area contributed by atoms with Crippen LogP contribution in [-0.4, -0.2) is 34.1 Å². The lowest BCUT2D eigenvalue weighted by molar-refractivity contribution is -0.124. The molecule has 2 aromatic heterocycles. The lowest BCUT2D eigenvalue weighted by atomic mass is 10.0. The van der Waals surface area contributed by atoms with Crippen LogP contribution in [0.3, 0.4) is 0 Å². The minimum Gasteiger partial charge on any atom is -0.487 e. The quantitative estimate of drug-likeness (QED) is 0.569. The maximum absolute atomic E-state index is 12.8. The third-order valence-electron chi connectivity index (χ3n) is 4.42. The van der Waals surface area contributed by atoms with Crippen LogP contribution in [0.25, 0.3) is 11.0 Å². The zero-order chi connectivity index (χ0) is 20.3. The summed E-state index contributed by atoms with van der Waals surface area (Å²) in [4.78, 5) is 28.5. The Morgan fingerprint density at radius 2 is 2.11 bits per heavy atom. The number of benzene rings is 1. The number of nitrogens with one attached hydrogen (secondary N) is 1. The molecule has 0 saturated carbocycles. The van der Waals surface area contributed by atoms with Crippen LogP contribution in [0.15, 0.2) is 47.0 Å². The number of furan rings is 1. The maximum atomic E-state index is 12.8. The van der Waals surface area contributed by atoms with E-state index in [-0.39, 0.29) is 12.2 Å². The first-order chi connectivity index (χ1) is 13.3. The third-order valence-corrected chi connectivity index (χ3v) is 4.42. The van der Waals surface area contributed by atoms with Crippen LogP contribution in [0.4, 0.5) is 0 Å². The number of amides is 2. The largest absolute Gasteiger partial charge is 0.487 e. The molecule has 0 radical (unpaired) electrons. The molecule has 8 nitrogen and oxygen atoms in total. The Morgan fingerprint density at radius 3 is 2.75 bits per heavy atom. The van der Waals surface area contributed by atoms with Crippen LogP contribution >= 0.6 is 0 Å². The van der Waals surface area contributed by atoms with Gasteiger partial charge in [0.15, 0.2) is 0 Å². The maximum Gasteiger partial charge on any atom is 0.256 e. The molecule has 1 unspecified atom stereocenters. The number of aromatic nitrogens is 1. The lowest BCUT2D eigenvalue weighted by Gasteiger charge is -2.24. The molecule has 146 valence electrons. The Morgan fingerprint density at radius 1 is 1.32 bits per heavy atom. The van der Waals surface area contributed by atoms with E-state index in [0.29, 0.717) is 22.5 Å². The number of primary amides is 1. The number of nitrogens with zero attached hydrogens (tertiary/aromatic N) is 1. The van der Waals surface area contributed by atoms with Gasteiger partial charge in [0.1, 0.15) is 29.2 Å². The SMILES string of the molecule is Cc1oc2ccc(OCc3ccccn3)cc2c1C(=O)NC(C)(CO)C(N)=O. The molecular formula is C20H21N3O5. The minimum absolute atomic E-state index is 0.249. The molecule has 1 atom stereocenters. The van der Waals surface area contributed by atoms with Gasteiger partial charge in [-0.15, -0.1) is 0 Å². The van der Waals surface area contributed by atoms with Crippen LogP contribution in [0.1, 0.15) is 28.7 Å². The Hall–Kier alpha value is -3.39. The molecule has 0 aliphatic rings. The molecule has 0 spiro atoms. The van der Waals surface area contributed by atoms with Crippen molar-refractivity contribution in [1.29, 1.82) is 0 Å². The first-order valence-electron chi connectivity index (χ1n) is 8.63. The number of aliphatic hydroxyl groups excluding tert-OH is 1. The Bertz CT molecular complexity index is 1020. The van der Waals surface area contributed by atoms with E-state index >= 15 is 0 Å². The molecule has 2 amide bonds. The Labute approximate surface area is 161 Å². The lowest BCUT2D eigenvalue weighted by Crippen LogP contribution is -2.57. The van der Waals surface area contributed by atoms with E-state index in [1.807, 2.05) is 18.2 Å². The minimum atomic E-state index is -1.58. The van der Waals surface area contributed by atoms with Crippen LogP contribution in [0, 0.1) is 6.92 Å². The molecule has 0 aliphatic heterocycles. The van der Waals surface area contributed by atoms with Crippen molar-refractivity contribution in [2.24, 2.45) is 5.73 Å². The van der Waals surface area contributed by atoms with Gasteiger partial charge in [-0.05, 0) is 44.2 Å². The Kier molecular flexibility index (Phi) is 5.32. The summed E-state index contributed by atoms with van der Waals surface area (Å²) in [5, 5.41) is 12.4. The van der Waals surface area contributed by atoms with E-state index in [0.717, 1.165) is 5.69 Å². The average molecular weight is 383 g/mol. The fraction of sp³-hybridized carbons (Fsp3) is 0.250. The van der Waals surface area contributed by atoms with Gasteiger partial charge >= 0.3 is 0 Å². The van der Waals surface area contributed by atoms with E-state index in [1.54, 1.807) is 31.3 Å². The van der Waals surface area contributed by atoms with Gasteiger partial charge in [-0.2, -0.15) is 0 Å². The normalized spacial score (nSPS) is 13.1. The number of carbonyl (C=O) groups is 2. The molecular weight excluding hydrogens is 362 g/mol. The predicted octanol–water partition coefficient (Wildman–Crippen LogP) is 1.68. The topological polar surface area (TPSA) is 128 Å². The second-order valence-electron chi connectivity index (χ2n) is 6.61. The van der Waals surface area contributed by atoms with Crippen LogP contribution in [0.2, 0.25) is 0 Å². The molecule has 3 aromatic rings. The highest BCUT2D eigenvalue weighted by Gasteiger charge is 2.34. The fourth-order valence-electron chi connectivity index (χ4n) is 2.70. The van der Waals surface area contributed by atoms with Gasteiger partial charge in [-0.3, -0.25) is 14.6 Å². The van der Waals surface area contributed by atoms with Crippen molar-refractivity contribution >= 4 is 22.8 Å². The fourth-order valence-corrected chi connectivity index (χ4v) is 2.70. The number of pyridine rings is 1. The molecule has 0 aliphatic carbocycles. The highest BCUT2D eigenvalue weighted by atomic mass is 16.5. The van der Waals surface area contributed by atoms with Crippen molar-refractivity contribution in [1.82, 2.24) is 10.3 Å². The van der Waals surface area contributed by atoms with Crippen molar-refractivity contribution in [3.05, 3.63) is 59.6 Å². The summed E-state index contributed by atoms with van der Waals surface area (Å²) in [6.45, 7) is 2.65. The summed E-state index contributed by atoms with van der Waals surface area (Å²) in [5.41, 5.74) is 5.22. The first kappa shape index (κ1) is 19.4. The smallest absolute Gasteiger partial charge is 0.256 e. The second-order valence-corrected chi connectivity index (χ2v) is 6.61. The average Bonchev–Trinajstić information content (AvgIpc) is 3.02. The monoisotopic (exact) mass is 383 g/mol. The van der Waals surface area contributed by atoms with E-state index in [9.17, 15) is 14.7 Å². The number of rotatable bonds is 7. The van der Waals surface area contributed by atoms with Gasteiger partial charge < -0.3 is 25.3 Å². The number of nitrogens with two attached hydrogens (primary N) is 1. The molecule has 2 heterocycles. The van der Waals surface area contributed by atoms with Gasteiger partial charge in [0.25, 0.3) is 5.91 Å². The summed E-state index contributed by atoms with van der Waals surface area (Å²) >= 11 is 0. The number of aliphatic hydroxyl groups is 1. The predicted molar refractivity (Wildman–Crippen MR) is 102 cm³/mol. The summed E-state index contributed by atoms with van der Waals surface area (Å²) in [6.07, 6.45) is 1.68. The third kappa shape index (κ3) is 3.81. The van der Waals surface area contributed by atoms with Gasteiger partial charge in [-0.25, -0.2) is 0 Å². The van der Waals surface area contributed by atoms with Crippen molar-refractivity contribution in [2.75, 3.05) is 6.61 Å². The zero-order valence-corrected chi connectivity index (χ0v) is 15.6. The molecule has 0 fully saturated rings. The molecule has 8 heteroatoms. The van der Waals surface area contributed by atoms with Crippen molar-refractivity contribution in [2.45, 2.75) is 26.0 Å². The number of carbonyl (C=O) groups excluding carboxylic acids is 2. The van der Waals surface area contributed by atoms with Gasteiger partial charge in [-0.1, -0.05) is 6.07 Å². The number of fused-ring (bicyclic) bond motifs is 1. The summed E-state index contributed by atoms with van der Waals surface area (Å²) in [7, 11) is 0. The zero-order valence-electron chi connectivity index (χ0n) is 15.6. The number of ether oxygens (including phenoxy) is 1. The van der Waals surface area contributed by atoms with Crippen LogP contribution in [-0.2, 0) is 11.4 Å². The highest BCUT2D eigenvalue weighted by Crippen LogP contribution is 2.29. The number of aryl methyl sites for hydroxylation is 1. The molecule has 1 aromatic carbocycles. The van der Waals surface area contributed by atoms with Gasteiger partial charge in [0, 0.05) is 11.6 Å². The number of hydrogen-bond donors (Lipinski definition) is 3. The van der Waals surface area contributed by atoms with Crippen molar-refractivity contribution < 1.29 is 23.8 Å². The molecule has 0 bridgehead atoms. The summed E-state index contributed by atoms with van der Waals surface area (Å²) < 4.78 is 11.4. The first-order valence-corrected chi connectivity index (χ1v) is 8.63. The van der Waals surface area contributed by atoms with E-state index in [4.69, 9.17) is 14.9 Å². The van der Waals surface area contributed by atoms with E-state index in [1.165, 1.54) is 6.92 Å². The molecule has 3 rings (SSSR count). The van der Waals surface area contributed by atoms with Gasteiger partial charge in [0.05, 0.1) is 17.9 Å². The highest BCUT2D eigenvalue weighted by molar-refractivity contribution is 6.09. The molecule has 0 saturated heterocycles. The number of hydrogen-bond acceptors (Lipinski definition) is 6. The Balaban J connectivity index is 1.89. The standard InChI is InChI=1S/C20H21N3O5/c1-12-17(18(25)23-20(2,11-24)19(21)26)15-9-14(6-7-16(15)28-12)27-10-13-5-3-4-8-22-13/h3-9,24H,10-11H2,1-2H3,(H2,21,26)(H,23,25). The van der Waals surface area contributed by atoms with Crippen molar-refractivity contribution in [3.8, 4) is 5.75 Å².